The molecule has 18 heavy (non-hydrogen) atoms. The van der Waals surface area contributed by atoms with Crippen LogP contribution in [0.25, 0.3) is 0 Å². The molecule has 1 saturated heterocycles. The summed E-state index contributed by atoms with van der Waals surface area (Å²) in [6.07, 6.45) is 2.26. The van der Waals surface area contributed by atoms with E-state index < -0.39 is 4.92 Å². The first kappa shape index (κ1) is 13.5. The molecule has 1 aromatic carbocycles. The van der Waals surface area contributed by atoms with Crippen LogP contribution >= 0.6 is 22.6 Å². The molecule has 1 aliphatic heterocycles. The number of nitrogens with one attached hydrogen (secondary N) is 1. The third-order valence-corrected chi connectivity index (χ3v) is 3.66. The Kier molecular flexibility index (Phi) is 4.76. The molecular formula is C12H15IN2O3. The highest BCUT2D eigenvalue weighted by Gasteiger charge is 2.18. The first-order chi connectivity index (χ1) is 8.66. The van der Waals surface area contributed by atoms with Gasteiger partial charge < -0.3 is 10.1 Å². The number of rotatable bonds is 4. The summed E-state index contributed by atoms with van der Waals surface area (Å²) in [4.78, 5) is 10.5. The van der Waals surface area contributed by atoms with Crippen molar-refractivity contribution in [1.29, 1.82) is 0 Å². The fourth-order valence-corrected chi connectivity index (χ4v) is 2.50. The summed E-state index contributed by atoms with van der Waals surface area (Å²) in [5.74, 6) is 0.809. The van der Waals surface area contributed by atoms with Gasteiger partial charge in [0.05, 0.1) is 11.5 Å². The van der Waals surface area contributed by atoms with Gasteiger partial charge in [0.2, 0.25) is 0 Å². The number of piperidine rings is 1. The minimum atomic E-state index is -0.392. The molecule has 0 radical (unpaired) electrons. The van der Waals surface area contributed by atoms with Gasteiger partial charge in [0, 0.05) is 22.1 Å². The lowest BCUT2D eigenvalue weighted by Gasteiger charge is -2.22. The van der Waals surface area contributed by atoms with E-state index in [1.807, 2.05) is 6.07 Å². The molecule has 5 nitrogen and oxygen atoms in total. The fraction of sp³-hybridized carbons (Fsp3) is 0.500. The van der Waals surface area contributed by atoms with Crippen molar-refractivity contribution >= 4 is 28.3 Å². The number of nitrogens with zero attached hydrogens (tertiary/aromatic N) is 1. The molecule has 1 atom stereocenters. The second kappa shape index (κ2) is 6.33. The number of nitro benzene ring substituents is 1. The van der Waals surface area contributed by atoms with E-state index in [1.54, 1.807) is 6.07 Å². The second-order valence-corrected chi connectivity index (χ2v) is 5.64. The molecule has 0 aliphatic carbocycles. The standard InChI is InChI=1S/C12H15IN2O3/c13-10-3-4-12(11(6-10)15(16)17)18-8-9-2-1-5-14-7-9/h3-4,6,9,14H,1-2,5,7-8H2. The van der Waals surface area contributed by atoms with Crippen molar-refractivity contribution in [1.82, 2.24) is 5.32 Å². The lowest BCUT2D eigenvalue weighted by Crippen LogP contribution is -2.33. The summed E-state index contributed by atoms with van der Waals surface area (Å²) in [6.45, 7) is 2.52. The van der Waals surface area contributed by atoms with Crippen molar-refractivity contribution in [3.8, 4) is 5.75 Å². The van der Waals surface area contributed by atoms with Gasteiger partial charge in [0.15, 0.2) is 5.75 Å². The Labute approximate surface area is 119 Å². The molecule has 0 aromatic heterocycles. The SMILES string of the molecule is O=[N+]([O-])c1cc(I)ccc1OCC1CCCNC1. The number of halogens is 1. The van der Waals surface area contributed by atoms with E-state index in [9.17, 15) is 10.1 Å². The average molecular weight is 362 g/mol. The van der Waals surface area contributed by atoms with Crippen molar-refractivity contribution in [2.75, 3.05) is 19.7 Å². The molecule has 1 fully saturated rings. The van der Waals surface area contributed by atoms with Gasteiger partial charge in [-0.15, -0.1) is 0 Å². The number of hydrogen-bond acceptors (Lipinski definition) is 4. The van der Waals surface area contributed by atoms with Gasteiger partial charge in [0.1, 0.15) is 0 Å². The quantitative estimate of drug-likeness (QED) is 0.508. The Hall–Kier alpha value is -0.890. The van der Waals surface area contributed by atoms with Crippen LogP contribution in [-0.2, 0) is 0 Å². The van der Waals surface area contributed by atoms with E-state index in [0.29, 0.717) is 18.3 Å². The molecule has 1 N–H and O–H groups in total. The molecule has 0 saturated carbocycles. The van der Waals surface area contributed by atoms with Crippen LogP contribution in [0.2, 0.25) is 0 Å². The molecule has 1 aromatic rings. The van der Waals surface area contributed by atoms with Crippen LogP contribution in [0.3, 0.4) is 0 Å². The van der Waals surface area contributed by atoms with E-state index in [2.05, 4.69) is 27.9 Å². The van der Waals surface area contributed by atoms with E-state index in [0.717, 1.165) is 29.5 Å². The molecular weight excluding hydrogens is 347 g/mol. The van der Waals surface area contributed by atoms with Crippen LogP contribution in [0.1, 0.15) is 12.8 Å². The number of nitro groups is 1. The maximum absolute atomic E-state index is 10.9. The first-order valence-corrected chi connectivity index (χ1v) is 7.02. The lowest BCUT2D eigenvalue weighted by molar-refractivity contribution is -0.386. The average Bonchev–Trinajstić information content (AvgIpc) is 2.38. The zero-order valence-electron chi connectivity index (χ0n) is 9.89. The summed E-state index contributed by atoms with van der Waals surface area (Å²) in [5, 5.41) is 14.2. The summed E-state index contributed by atoms with van der Waals surface area (Å²) in [7, 11) is 0. The molecule has 0 spiro atoms. The van der Waals surface area contributed by atoms with Gasteiger partial charge in [-0.1, -0.05) is 0 Å². The van der Waals surface area contributed by atoms with Gasteiger partial charge >= 0.3 is 5.69 Å². The minimum Gasteiger partial charge on any atom is -0.486 e. The maximum Gasteiger partial charge on any atom is 0.311 e. The zero-order chi connectivity index (χ0) is 13.0. The third-order valence-electron chi connectivity index (χ3n) is 2.99. The highest BCUT2D eigenvalue weighted by Crippen LogP contribution is 2.29. The Morgan fingerprint density at radius 2 is 2.39 bits per heavy atom. The van der Waals surface area contributed by atoms with Crippen molar-refractivity contribution in [3.63, 3.8) is 0 Å². The predicted octanol–water partition coefficient (Wildman–Crippen LogP) is 2.58. The molecule has 98 valence electrons. The fourth-order valence-electron chi connectivity index (χ4n) is 2.03. The zero-order valence-corrected chi connectivity index (χ0v) is 12.1. The smallest absolute Gasteiger partial charge is 0.311 e. The number of ether oxygens (including phenoxy) is 1. The molecule has 1 unspecified atom stereocenters. The largest absolute Gasteiger partial charge is 0.486 e. The molecule has 0 bridgehead atoms. The van der Waals surface area contributed by atoms with Gasteiger partial charge in [0.25, 0.3) is 0 Å². The van der Waals surface area contributed by atoms with Gasteiger partial charge in [-0.05, 0) is 54.1 Å². The summed E-state index contributed by atoms with van der Waals surface area (Å²) < 4.78 is 6.45. The summed E-state index contributed by atoms with van der Waals surface area (Å²) in [5.41, 5.74) is 0.0469. The van der Waals surface area contributed by atoms with E-state index in [4.69, 9.17) is 4.74 Å². The van der Waals surface area contributed by atoms with Crippen LogP contribution in [0, 0.1) is 19.6 Å². The van der Waals surface area contributed by atoms with E-state index in [-0.39, 0.29) is 5.69 Å². The Morgan fingerprint density at radius 3 is 3.06 bits per heavy atom. The number of hydrogen-bond donors (Lipinski definition) is 1. The molecule has 0 amide bonds. The normalized spacial score (nSPS) is 19.5. The van der Waals surface area contributed by atoms with Crippen molar-refractivity contribution in [2.45, 2.75) is 12.8 Å². The van der Waals surface area contributed by atoms with E-state index in [1.165, 1.54) is 6.07 Å². The van der Waals surface area contributed by atoms with Crippen LogP contribution < -0.4 is 10.1 Å². The Morgan fingerprint density at radius 1 is 1.56 bits per heavy atom. The van der Waals surface area contributed by atoms with Crippen molar-refractivity contribution in [2.24, 2.45) is 5.92 Å². The molecule has 2 rings (SSSR count). The lowest BCUT2D eigenvalue weighted by atomic mass is 10.0. The highest BCUT2D eigenvalue weighted by atomic mass is 127. The summed E-state index contributed by atoms with van der Waals surface area (Å²) in [6, 6.07) is 5.03. The van der Waals surface area contributed by atoms with Crippen LogP contribution in [-0.4, -0.2) is 24.6 Å². The van der Waals surface area contributed by atoms with Crippen LogP contribution in [0.4, 0.5) is 5.69 Å². The van der Waals surface area contributed by atoms with Gasteiger partial charge in [-0.2, -0.15) is 0 Å². The molecule has 1 heterocycles. The van der Waals surface area contributed by atoms with Gasteiger partial charge in [-0.3, -0.25) is 10.1 Å². The monoisotopic (exact) mass is 362 g/mol. The highest BCUT2D eigenvalue weighted by molar-refractivity contribution is 14.1. The number of benzene rings is 1. The Balaban J connectivity index is 2.01. The minimum absolute atomic E-state index is 0.0469. The van der Waals surface area contributed by atoms with E-state index >= 15 is 0 Å². The van der Waals surface area contributed by atoms with Gasteiger partial charge in [-0.25, -0.2) is 0 Å². The predicted molar refractivity (Wildman–Crippen MR) is 76.9 cm³/mol. The summed E-state index contributed by atoms with van der Waals surface area (Å²) >= 11 is 2.06. The Bertz CT molecular complexity index is 433. The second-order valence-electron chi connectivity index (χ2n) is 4.39. The maximum atomic E-state index is 10.9. The topological polar surface area (TPSA) is 64.4 Å². The van der Waals surface area contributed by atoms with Crippen LogP contribution in [0.15, 0.2) is 18.2 Å². The molecule has 1 aliphatic rings. The third kappa shape index (κ3) is 3.55. The first-order valence-electron chi connectivity index (χ1n) is 5.94. The molecule has 6 heteroatoms. The van der Waals surface area contributed by atoms with Crippen LogP contribution in [0.5, 0.6) is 5.75 Å². The van der Waals surface area contributed by atoms with Crippen molar-refractivity contribution < 1.29 is 9.66 Å². The van der Waals surface area contributed by atoms with Crippen molar-refractivity contribution in [3.05, 3.63) is 31.9 Å².